The highest BCUT2D eigenvalue weighted by molar-refractivity contribution is 7.80. The van der Waals surface area contributed by atoms with Crippen molar-refractivity contribution in [2.75, 3.05) is 20.7 Å². The lowest BCUT2D eigenvalue weighted by Gasteiger charge is -2.26. The summed E-state index contributed by atoms with van der Waals surface area (Å²) in [6, 6.07) is 6.81. The molecule has 0 amide bonds. The zero-order valence-electron chi connectivity index (χ0n) is 10.3. The normalized spacial score (nSPS) is 12.2. The fourth-order valence-corrected chi connectivity index (χ4v) is 2.04. The summed E-state index contributed by atoms with van der Waals surface area (Å²) in [5.41, 5.74) is 6.52. The Balaban J connectivity index is 2.96. The van der Waals surface area contributed by atoms with E-state index in [-0.39, 0.29) is 11.5 Å². The van der Waals surface area contributed by atoms with Crippen molar-refractivity contribution in [2.45, 2.75) is 6.04 Å². The van der Waals surface area contributed by atoms with E-state index in [1.807, 2.05) is 12.1 Å². The van der Waals surface area contributed by atoms with Crippen LogP contribution in [0.2, 0.25) is 0 Å². The number of carboxylic acid groups (broad SMARTS) is 1. The molecule has 0 aliphatic carbocycles. The Labute approximate surface area is 111 Å². The van der Waals surface area contributed by atoms with Crippen molar-refractivity contribution < 1.29 is 14.6 Å². The largest absolute Gasteiger partial charge is 0.497 e. The molecule has 0 bridgehead atoms. The summed E-state index contributed by atoms with van der Waals surface area (Å²) in [6.07, 6.45) is 0. The van der Waals surface area contributed by atoms with Crippen molar-refractivity contribution in [1.29, 1.82) is 0 Å². The van der Waals surface area contributed by atoms with Gasteiger partial charge in [0.1, 0.15) is 5.75 Å². The zero-order chi connectivity index (χ0) is 13.7. The van der Waals surface area contributed by atoms with Gasteiger partial charge in [-0.3, -0.25) is 9.69 Å². The third-order valence-corrected chi connectivity index (χ3v) is 2.75. The van der Waals surface area contributed by atoms with Crippen molar-refractivity contribution in [3.8, 4) is 5.75 Å². The number of benzene rings is 1. The summed E-state index contributed by atoms with van der Waals surface area (Å²) in [6.45, 7) is -0.131. The highest BCUT2D eigenvalue weighted by Gasteiger charge is 2.21. The van der Waals surface area contributed by atoms with Crippen molar-refractivity contribution in [1.82, 2.24) is 4.90 Å². The molecule has 1 aromatic carbocycles. The Kier molecular flexibility index (Phi) is 5.06. The molecule has 0 aliphatic rings. The van der Waals surface area contributed by atoms with Gasteiger partial charge in [-0.25, -0.2) is 0 Å². The minimum atomic E-state index is -0.924. The molecule has 3 N–H and O–H groups in total. The summed E-state index contributed by atoms with van der Waals surface area (Å²) in [4.78, 5) is 12.6. The minimum Gasteiger partial charge on any atom is -0.497 e. The molecule has 0 aromatic heterocycles. The van der Waals surface area contributed by atoms with E-state index in [9.17, 15) is 4.79 Å². The van der Waals surface area contributed by atoms with Gasteiger partial charge in [0.2, 0.25) is 0 Å². The van der Waals surface area contributed by atoms with Gasteiger partial charge in [-0.2, -0.15) is 0 Å². The number of methoxy groups -OCH3 is 1. The second-order valence-electron chi connectivity index (χ2n) is 3.89. The quantitative estimate of drug-likeness (QED) is 0.751. The standard InChI is InChI=1S/C12H16N2O3S/c1-14(7-10(15)16)11(12(13)18)8-3-5-9(17-2)6-4-8/h3-6,11H,7H2,1-2H3,(H2,13,18)(H,15,16). The Bertz CT molecular complexity index is 433. The number of ether oxygens (including phenoxy) is 1. The van der Waals surface area contributed by atoms with Crippen LogP contribution in [0.5, 0.6) is 5.75 Å². The van der Waals surface area contributed by atoms with Crippen LogP contribution in [0.3, 0.4) is 0 Å². The van der Waals surface area contributed by atoms with Crippen molar-refractivity contribution in [3.05, 3.63) is 29.8 Å². The highest BCUT2D eigenvalue weighted by atomic mass is 32.1. The molecule has 18 heavy (non-hydrogen) atoms. The number of likely N-dealkylation sites (N-methyl/N-ethyl adjacent to an activating group) is 1. The first kappa shape index (κ1) is 14.4. The predicted octanol–water partition coefficient (Wildman–Crippen LogP) is 1.04. The Morgan fingerprint density at radius 1 is 1.50 bits per heavy atom. The van der Waals surface area contributed by atoms with E-state index in [0.29, 0.717) is 0 Å². The molecular weight excluding hydrogens is 252 g/mol. The first-order valence-corrected chi connectivity index (χ1v) is 5.72. The molecular formula is C12H16N2O3S. The average molecular weight is 268 g/mol. The van der Waals surface area contributed by atoms with Gasteiger partial charge in [-0.05, 0) is 24.7 Å². The smallest absolute Gasteiger partial charge is 0.317 e. The van der Waals surface area contributed by atoms with Crippen molar-refractivity contribution in [3.63, 3.8) is 0 Å². The topological polar surface area (TPSA) is 75.8 Å². The first-order valence-electron chi connectivity index (χ1n) is 5.31. The van der Waals surface area contributed by atoms with Crippen LogP contribution in [0.4, 0.5) is 0 Å². The third kappa shape index (κ3) is 3.68. The fourth-order valence-electron chi connectivity index (χ4n) is 1.73. The molecule has 0 radical (unpaired) electrons. The lowest BCUT2D eigenvalue weighted by molar-refractivity contribution is -0.138. The number of thiocarbonyl (C=S) groups is 1. The van der Waals surface area contributed by atoms with Crippen LogP contribution < -0.4 is 10.5 Å². The predicted molar refractivity (Wildman–Crippen MR) is 72.8 cm³/mol. The Morgan fingerprint density at radius 3 is 2.44 bits per heavy atom. The molecule has 1 aromatic rings. The third-order valence-electron chi connectivity index (χ3n) is 2.53. The number of hydrogen-bond donors (Lipinski definition) is 2. The zero-order valence-corrected chi connectivity index (χ0v) is 11.1. The van der Waals surface area contributed by atoms with Crippen LogP contribution >= 0.6 is 12.2 Å². The lowest BCUT2D eigenvalue weighted by atomic mass is 10.1. The van der Waals surface area contributed by atoms with Crippen LogP contribution in [0, 0.1) is 0 Å². The second kappa shape index (κ2) is 6.32. The summed E-state index contributed by atoms with van der Waals surface area (Å²) >= 11 is 5.00. The molecule has 0 fully saturated rings. The molecule has 6 heteroatoms. The van der Waals surface area contributed by atoms with E-state index in [1.54, 1.807) is 31.2 Å². The number of hydrogen-bond acceptors (Lipinski definition) is 4. The second-order valence-corrected chi connectivity index (χ2v) is 4.36. The maximum atomic E-state index is 10.7. The molecule has 0 saturated carbocycles. The fraction of sp³-hybridized carbons (Fsp3) is 0.333. The van der Waals surface area contributed by atoms with E-state index < -0.39 is 12.0 Å². The maximum absolute atomic E-state index is 10.7. The lowest BCUT2D eigenvalue weighted by Crippen LogP contribution is -2.37. The van der Waals surface area contributed by atoms with E-state index in [2.05, 4.69) is 0 Å². The van der Waals surface area contributed by atoms with Gasteiger partial charge in [0.25, 0.3) is 0 Å². The average Bonchev–Trinajstić information content (AvgIpc) is 2.28. The Hall–Kier alpha value is -1.66. The molecule has 5 nitrogen and oxygen atoms in total. The van der Waals surface area contributed by atoms with Gasteiger partial charge in [-0.1, -0.05) is 24.4 Å². The van der Waals surface area contributed by atoms with E-state index >= 15 is 0 Å². The summed E-state index contributed by atoms with van der Waals surface area (Å²) in [5.74, 6) is -0.200. The van der Waals surface area contributed by atoms with Gasteiger partial charge in [0.15, 0.2) is 0 Å². The van der Waals surface area contributed by atoms with Gasteiger partial charge in [0, 0.05) is 0 Å². The SMILES string of the molecule is COc1ccc(C(C(N)=S)N(C)CC(=O)O)cc1. The number of carboxylic acids is 1. The van der Waals surface area contributed by atoms with Crippen LogP contribution in [-0.2, 0) is 4.79 Å². The highest BCUT2D eigenvalue weighted by Crippen LogP contribution is 2.22. The molecule has 0 spiro atoms. The molecule has 98 valence electrons. The monoisotopic (exact) mass is 268 g/mol. The number of aliphatic carboxylic acids is 1. The van der Waals surface area contributed by atoms with Crippen molar-refractivity contribution in [2.24, 2.45) is 5.73 Å². The number of nitrogens with two attached hydrogens (primary N) is 1. The first-order chi connectivity index (χ1) is 8.45. The number of carbonyl (C=O) groups is 1. The maximum Gasteiger partial charge on any atom is 0.317 e. The van der Waals surface area contributed by atoms with E-state index in [0.717, 1.165) is 11.3 Å². The molecule has 1 rings (SSSR count). The molecule has 1 atom stereocenters. The van der Waals surface area contributed by atoms with Gasteiger partial charge < -0.3 is 15.6 Å². The minimum absolute atomic E-state index is 0.131. The van der Waals surface area contributed by atoms with Crippen LogP contribution in [0.15, 0.2) is 24.3 Å². The number of rotatable bonds is 6. The molecule has 0 aliphatic heterocycles. The van der Waals surface area contributed by atoms with Crippen LogP contribution in [-0.4, -0.2) is 41.7 Å². The van der Waals surface area contributed by atoms with Gasteiger partial charge in [-0.15, -0.1) is 0 Å². The summed E-state index contributed by atoms with van der Waals surface area (Å²) in [7, 11) is 3.25. The molecule has 0 saturated heterocycles. The van der Waals surface area contributed by atoms with E-state index in [4.69, 9.17) is 27.8 Å². The van der Waals surface area contributed by atoms with E-state index in [1.165, 1.54) is 0 Å². The molecule has 0 heterocycles. The van der Waals surface area contributed by atoms with Crippen molar-refractivity contribution >= 4 is 23.2 Å². The van der Waals surface area contributed by atoms with Gasteiger partial charge in [0.05, 0.1) is 24.7 Å². The van der Waals surface area contributed by atoms with Crippen LogP contribution in [0.25, 0.3) is 0 Å². The summed E-state index contributed by atoms with van der Waals surface area (Å²) in [5, 5.41) is 8.80. The van der Waals surface area contributed by atoms with Gasteiger partial charge >= 0.3 is 5.97 Å². The molecule has 1 unspecified atom stereocenters. The van der Waals surface area contributed by atoms with Crippen LogP contribution in [0.1, 0.15) is 11.6 Å². The Morgan fingerprint density at radius 2 is 2.06 bits per heavy atom. The number of nitrogens with zero attached hydrogens (tertiary/aromatic N) is 1. The summed E-state index contributed by atoms with van der Waals surface area (Å²) < 4.78 is 5.06.